The number of aliphatic carboxylic acids is 1. The van der Waals surface area contributed by atoms with Gasteiger partial charge in [-0.15, -0.1) is 0 Å². The molecule has 6 nitrogen and oxygen atoms in total. The van der Waals surface area contributed by atoms with Crippen LogP contribution in [-0.4, -0.2) is 52.3 Å². The summed E-state index contributed by atoms with van der Waals surface area (Å²) in [6, 6.07) is -1.19. The Bertz CT molecular complexity index is 277. The summed E-state index contributed by atoms with van der Waals surface area (Å²) < 4.78 is 0. The topological polar surface area (TPSA) is 89.9 Å². The zero-order valence-electron chi connectivity index (χ0n) is 10.1. The van der Waals surface area contributed by atoms with E-state index in [4.69, 9.17) is 10.2 Å². The van der Waals surface area contributed by atoms with Gasteiger partial charge in [0.05, 0.1) is 6.61 Å². The van der Waals surface area contributed by atoms with Crippen LogP contribution in [0.4, 0.5) is 4.79 Å². The lowest BCUT2D eigenvalue weighted by Crippen LogP contribution is -2.50. The summed E-state index contributed by atoms with van der Waals surface area (Å²) in [6.07, 6.45) is 4.01. The van der Waals surface area contributed by atoms with Crippen molar-refractivity contribution in [3.05, 3.63) is 0 Å². The van der Waals surface area contributed by atoms with Crippen molar-refractivity contribution in [2.24, 2.45) is 0 Å². The molecule has 1 atom stereocenters. The number of amides is 2. The SMILES string of the molecule is C[C@@H](NC(=O)N(CCO)C1CCCC1)C(=O)O. The van der Waals surface area contributed by atoms with Crippen LogP contribution in [0.5, 0.6) is 0 Å². The molecular formula is C11H20N2O4. The van der Waals surface area contributed by atoms with Crippen molar-refractivity contribution in [1.29, 1.82) is 0 Å². The lowest BCUT2D eigenvalue weighted by Gasteiger charge is -2.29. The van der Waals surface area contributed by atoms with E-state index in [1.807, 2.05) is 0 Å². The van der Waals surface area contributed by atoms with E-state index in [1.165, 1.54) is 6.92 Å². The average Bonchev–Trinajstić information content (AvgIpc) is 2.78. The molecule has 2 amide bonds. The molecule has 0 unspecified atom stereocenters. The number of carboxylic acids is 1. The Hall–Kier alpha value is -1.30. The van der Waals surface area contributed by atoms with Gasteiger partial charge in [0.25, 0.3) is 0 Å². The number of nitrogens with zero attached hydrogens (tertiary/aromatic N) is 1. The second-order valence-electron chi connectivity index (χ2n) is 4.36. The summed E-state index contributed by atoms with van der Waals surface area (Å²) in [6.45, 7) is 1.57. The van der Waals surface area contributed by atoms with Gasteiger partial charge in [-0.05, 0) is 19.8 Å². The number of carbonyl (C=O) groups excluding carboxylic acids is 1. The monoisotopic (exact) mass is 244 g/mol. The van der Waals surface area contributed by atoms with Gasteiger partial charge < -0.3 is 20.4 Å². The molecule has 1 fully saturated rings. The van der Waals surface area contributed by atoms with E-state index in [-0.39, 0.29) is 19.2 Å². The predicted octanol–water partition coefficient (Wildman–Crippen LogP) is 0.406. The normalized spacial score (nSPS) is 17.8. The molecule has 1 saturated carbocycles. The highest BCUT2D eigenvalue weighted by Crippen LogP contribution is 2.23. The number of hydrogen-bond acceptors (Lipinski definition) is 3. The van der Waals surface area contributed by atoms with Crippen molar-refractivity contribution in [2.75, 3.05) is 13.2 Å². The average molecular weight is 244 g/mol. The molecular weight excluding hydrogens is 224 g/mol. The Morgan fingerprint density at radius 2 is 2.00 bits per heavy atom. The van der Waals surface area contributed by atoms with Crippen molar-refractivity contribution >= 4 is 12.0 Å². The van der Waals surface area contributed by atoms with Crippen molar-refractivity contribution in [1.82, 2.24) is 10.2 Å². The maximum absolute atomic E-state index is 11.9. The molecule has 0 aromatic rings. The molecule has 0 spiro atoms. The largest absolute Gasteiger partial charge is 0.480 e. The summed E-state index contributed by atoms with van der Waals surface area (Å²) in [5.41, 5.74) is 0. The van der Waals surface area contributed by atoms with E-state index in [9.17, 15) is 9.59 Å². The van der Waals surface area contributed by atoms with Crippen LogP contribution in [0.15, 0.2) is 0 Å². The smallest absolute Gasteiger partial charge is 0.325 e. The maximum Gasteiger partial charge on any atom is 0.325 e. The molecule has 3 N–H and O–H groups in total. The maximum atomic E-state index is 11.9. The van der Waals surface area contributed by atoms with Gasteiger partial charge >= 0.3 is 12.0 Å². The van der Waals surface area contributed by atoms with Gasteiger partial charge in [0.1, 0.15) is 6.04 Å². The fourth-order valence-electron chi connectivity index (χ4n) is 2.10. The first-order valence-corrected chi connectivity index (χ1v) is 5.97. The zero-order chi connectivity index (χ0) is 12.8. The Balaban J connectivity index is 2.56. The van der Waals surface area contributed by atoms with Crippen LogP contribution in [-0.2, 0) is 4.79 Å². The standard InChI is InChI=1S/C11H20N2O4/c1-8(10(15)16)12-11(17)13(6-7-14)9-4-2-3-5-9/h8-9,14H,2-7H2,1H3,(H,12,17)(H,15,16)/t8-/m1/s1. The van der Waals surface area contributed by atoms with Crippen LogP contribution in [0, 0.1) is 0 Å². The van der Waals surface area contributed by atoms with Crippen LogP contribution in [0.25, 0.3) is 0 Å². The molecule has 98 valence electrons. The minimum atomic E-state index is -1.06. The minimum absolute atomic E-state index is 0.106. The summed E-state index contributed by atoms with van der Waals surface area (Å²) in [7, 11) is 0. The quantitative estimate of drug-likeness (QED) is 0.653. The summed E-state index contributed by atoms with van der Waals surface area (Å²) >= 11 is 0. The second-order valence-corrected chi connectivity index (χ2v) is 4.36. The number of carboxylic acid groups (broad SMARTS) is 1. The van der Waals surface area contributed by atoms with Gasteiger partial charge in [-0.2, -0.15) is 0 Å². The summed E-state index contributed by atoms with van der Waals surface area (Å²) in [5, 5.41) is 20.1. The van der Waals surface area contributed by atoms with E-state index < -0.39 is 18.0 Å². The van der Waals surface area contributed by atoms with Crippen molar-refractivity contribution in [3.8, 4) is 0 Å². The number of aliphatic hydroxyl groups is 1. The van der Waals surface area contributed by atoms with Gasteiger partial charge in [0, 0.05) is 12.6 Å². The lowest BCUT2D eigenvalue weighted by molar-refractivity contribution is -0.138. The Morgan fingerprint density at radius 3 is 2.47 bits per heavy atom. The third kappa shape index (κ3) is 3.89. The van der Waals surface area contributed by atoms with Crippen molar-refractivity contribution in [3.63, 3.8) is 0 Å². The number of carbonyl (C=O) groups is 2. The summed E-state index contributed by atoms with van der Waals surface area (Å²) in [4.78, 5) is 24.1. The van der Waals surface area contributed by atoms with Gasteiger partial charge in [-0.25, -0.2) is 4.79 Å². The van der Waals surface area contributed by atoms with Gasteiger partial charge in [-0.3, -0.25) is 4.79 Å². The molecule has 1 aliphatic carbocycles. The molecule has 1 aliphatic rings. The second kappa shape index (κ2) is 6.44. The Kier molecular flexibility index (Phi) is 5.21. The van der Waals surface area contributed by atoms with Crippen LogP contribution in [0.1, 0.15) is 32.6 Å². The molecule has 17 heavy (non-hydrogen) atoms. The first kappa shape index (κ1) is 13.8. The lowest BCUT2D eigenvalue weighted by atomic mass is 10.2. The third-order valence-electron chi connectivity index (χ3n) is 3.08. The van der Waals surface area contributed by atoms with Gasteiger partial charge in [-0.1, -0.05) is 12.8 Å². The molecule has 6 heteroatoms. The molecule has 0 bridgehead atoms. The van der Waals surface area contributed by atoms with E-state index >= 15 is 0 Å². The molecule has 0 heterocycles. The van der Waals surface area contributed by atoms with E-state index in [0.717, 1.165) is 25.7 Å². The van der Waals surface area contributed by atoms with Gasteiger partial charge in [0.15, 0.2) is 0 Å². The fraction of sp³-hybridized carbons (Fsp3) is 0.818. The number of rotatable bonds is 5. The minimum Gasteiger partial charge on any atom is -0.480 e. The van der Waals surface area contributed by atoms with Crippen LogP contribution in [0.2, 0.25) is 0 Å². The Labute approximate surface area is 101 Å². The van der Waals surface area contributed by atoms with Crippen molar-refractivity contribution < 1.29 is 19.8 Å². The number of nitrogens with one attached hydrogen (secondary N) is 1. The third-order valence-corrected chi connectivity index (χ3v) is 3.08. The molecule has 0 aliphatic heterocycles. The molecule has 0 radical (unpaired) electrons. The van der Waals surface area contributed by atoms with Gasteiger partial charge in [0.2, 0.25) is 0 Å². The highest BCUT2D eigenvalue weighted by molar-refractivity contribution is 5.82. The molecule has 0 aromatic heterocycles. The van der Waals surface area contributed by atoms with E-state index in [1.54, 1.807) is 4.90 Å². The summed E-state index contributed by atoms with van der Waals surface area (Å²) in [5.74, 6) is -1.06. The van der Waals surface area contributed by atoms with Crippen LogP contribution >= 0.6 is 0 Å². The highest BCUT2D eigenvalue weighted by atomic mass is 16.4. The first-order chi connectivity index (χ1) is 8.06. The Morgan fingerprint density at radius 1 is 1.41 bits per heavy atom. The number of aliphatic hydroxyl groups excluding tert-OH is 1. The molecule has 0 aromatic carbocycles. The van der Waals surface area contributed by atoms with Crippen LogP contribution in [0.3, 0.4) is 0 Å². The molecule has 1 rings (SSSR count). The first-order valence-electron chi connectivity index (χ1n) is 5.97. The number of hydrogen-bond donors (Lipinski definition) is 3. The predicted molar refractivity (Wildman–Crippen MR) is 61.7 cm³/mol. The van der Waals surface area contributed by atoms with Crippen LogP contribution < -0.4 is 5.32 Å². The highest BCUT2D eigenvalue weighted by Gasteiger charge is 2.27. The van der Waals surface area contributed by atoms with E-state index in [0.29, 0.717) is 0 Å². The van der Waals surface area contributed by atoms with E-state index in [2.05, 4.69) is 5.32 Å². The fourth-order valence-corrected chi connectivity index (χ4v) is 2.10. The zero-order valence-corrected chi connectivity index (χ0v) is 10.1. The van der Waals surface area contributed by atoms with Crippen molar-refractivity contribution in [2.45, 2.75) is 44.7 Å². The number of urea groups is 1. The molecule has 0 saturated heterocycles.